The zero-order valence-electron chi connectivity index (χ0n) is 46.0. The molecule has 0 fully saturated rings. The summed E-state index contributed by atoms with van der Waals surface area (Å²) in [6.45, 7) is 28.6. The molecule has 14 heteroatoms. The molecule has 0 saturated carbocycles. The van der Waals surface area contributed by atoms with E-state index in [1.54, 1.807) is 38.7 Å². The molecule has 0 spiro atoms. The third kappa shape index (κ3) is 18.4. The molecule has 73 heavy (non-hydrogen) atoms. The summed E-state index contributed by atoms with van der Waals surface area (Å²) in [7, 11) is 0. The van der Waals surface area contributed by atoms with Crippen LogP contribution in [0.1, 0.15) is 163 Å². The van der Waals surface area contributed by atoms with Gasteiger partial charge in [-0.3, -0.25) is 19.2 Å². The van der Waals surface area contributed by atoms with Crippen LogP contribution in [0.4, 0.5) is 16.2 Å². The first-order chi connectivity index (χ1) is 35.0. The quantitative estimate of drug-likeness (QED) is 0.0173. The Morgan fingerprint density at radius 2 is 1.33 bits per heavy atom. The van der Waals surface area contributed by atoms with Gasteiger partial charge in [-0.25, -0.2) is 9.37 Å². The summed E-state index contributed by atoms with van der Waals surface area (Å²) >= 11 is 0. The predicted molar refractivity (Wildman–Crippen MR) is 298 cm³/mol. The first kappa shape index (κ1) is 59.4. The topological polar surface area (TPSA) is 165 Å². The summed E-state index contributed by atoms with van der Waals surface area (Å²) in [5.41, 5.74) is 4.75. The Hall–Kier alpha value is -6.18. The van der Waals surface area contributed by atoms with Gasteiger partial charge in [0.2, 0.25) is 23.1 Å². The predicted octanol–water partition coefficient (Wildman–Crippen LogP) is 11.1. The molecule has 0 radical (unpaired) electrons. The fourth-order valence-electron chi connectivity index (χ4n) is 9.17. The summed E-state index contributed by atoms with van der Waals surface area (Å²) in [5.74, 6) is 0.00953. The highest BCUT2D eigenvalue weighted by Gasteiger charge is 2.28. The first-order valence-corrected chi connectivity index (χ1v) is 27.3. The van der Waals surface area contributed by atoms with Crippen LogP contribution in [-0.4, -0.2) is 98.6 Å². The number of carbonyl (C=O) groups excluding carboxylic acids is 5. The zero-order chi connectivity index (χ0) is 53.5. The van der Waals surface area contributed by atoms with Gasteiger partial charge in [0.1, 0.15) is 36.1 Å². The van der Waals surface area contributed by atoms with Gasteiger partial charge in [0.15, 0.2) is 0 Å². The van der Waals surface area contributed by atoms with E-state index < -0.39 is 23.6 Å². The SMILES string of the molecule is C=C(C)C(=O)NCCCCCCCCCCCC(=O)NCCCCC(NC(=O)OC(C)(C)C)C(=O)Nc1ccc(-c2c3ccc(=[N+](CC)CC)cc-3oc3cc(N(CC)CC)ccc23)c(C(=O)N(CC)CC)c1. The van der Waals surface area contributed by atoms with Gasteiger partial charge in [0.25, 0.3) is 5.91 Å². The van der Waals surface area contributed by atoms with E-state index in [1.807, 2.05) is 26.0 Å². The van der Waals surface area contributed by atoms with E-state index in [0.29, 0.717) is 85.6 Å². The molecule has 1 aliphatic heterocycles. The lowest BCUT2D eigenvalue weighted by Gasteiger charge is -2.25. The van der Waals surface area contributed by atoms with E-state index in [0.717, 1.165) is 98.7 Å². The van der Waals surface area contributed by atoms with E-state index in [-0.39, 0.29) is 17.7 Å². The molecule has 1 unspecified atom stereocenters. The Morgan fingerprint density at radius 1 is 0.712 bits per heavy atom. The van der Waals surface area contributed by atoms with Crippen molar-refractivity contribution >= 4 is 52.1 Å². The number of rotatable bonds is 30. The Morgan fingerprint density at radius 3 is 1.95 bits per heavy atom. The largest absolute Gasteiger partial charge is 0.456 e. The first-order valence-electron chi connectivity index (χ1n) is 27.3. The maximum Gasteiger partial charge on any atom is 0.408 e. The van der Waals surface area contributed by atoms with Crippen LogP contribution < -0.4 is 36.1 Å². The maximum atomic E-state index is 14.7. The summed E-state index contributed by atoms with van der Waals surface area (Å²) in [4.78, 5) is 70.3. The van der Waals surface area contributed by atoms with Crippen molar-refractivity contribution in [1.82, 2.24) is 25.4 Å². The lowest BCUT2D eigenvalue weighted by Crippen LogP contribution is -2.45. The van der Waals surface area contributed by atoms with Crippen LogP contribution in [0.5, 0.6) is 0 Å². The van der Waals surface area contributed by atoms with Crippen LogP contribution in [0.15, 0.2) is 71.2 Å². The van der Waals surface area contributed by atoms with Gasteiger partial charge >= 0.3 is 6.09 Å². The lowest BCUT2D eigenvalue weighted by atomic mass is 9.89. The molecule has 2 aromatic rings. The van der Waals surface area contributed by atoms with E-state index in [1.165, 1.54) is 12.8 Å². The number of benzene rings is 3. The molecule has 1 heterocycles. The Balaban J connectivity index is 1.49. The number of nitrogens with one attached hydrogen (secondary N) is 4. The van der Waals surface area contributed by atoms with Gasteiger partial charge in [-0.05, 0) is 137 Å². The van der Waals surface area contributed by atoms with Gasteiger partial charge in [-0.2, -0.15) is 0 Å². The molecule has 0 bridgehead atoms. The minimum absolute atomic E-state index is 0.0121. The average Bonchev–Trinajstić information content (AvgIpc) is 3.35. The van der Waals surface area contributed by atoms with E-state index >= 15 is 0 Å². The van der Waals surface area contributed by atoms with Crippen LogP contribution >= 0.6 is 0 Å². The van der Waals surface area contributed by atoms with Gasteiger partial charge in [-0.15, -0.1) is 0 Å². The highest BCUT2D eigenvalue weighted by atomic mass is 16.6. The van der Waals surface area contributed by atoms with Gasteiger partial charge in [0.05, 0.1) is 6.07 Å². The van der Waals surface area contributed by atoms with Gasteiger partial charge < -0.3 is 40.2 Å². The fourth-order valence-corrected chi connectivity index (χ4v) is 9.17. The van der Waals surface area contributed by atoms with Crippen molar-refractivity contribution in [2.75, 3.05) is 62.6 Å². The number of amides is 5. The van der Waals surface area contributed by atoms with Crippen LogP contribution in [-0.2, 0) is 19.1 Å². The van der Waals surface area contributed by atoms with Crippen molar-refractivity contribution in [3.05, 3.63) is 77.7 Å². The monoisotopic (exact) mass is 1010 g/mol. The van der Waals surface area contributed by atoms with E-state index in [4.69, 9.17) is 9.15 Å². The molecule has 400 valence electrons. The molecule has 2 aliphatic rings. The molecule has 0 saturated heterocycles. The van der Waals surface area contributed by atoms with Crippen LogP contribution in [0.25, 0.3) is 33.4 Å². The number of fused-ring (bicyclic) bond motifs is 2. The zero-order valence-corrected chi connectivity index (χ0v) is 46.0. The summed E-state index contributed by atoms with van der Waals surface area (Å²) in [6.07, 6.45) is 10.9. The second-order valence-corrected chi connectivity index (χ2v) is 19.9. The minimum atomic E-state index is -0.954. The second kappa shape index (κ2) is 30.1. The molecular formula is C59H88N7O7+. The molecule has 5 amide bonds. The van der Waals surface area contributed by atoms with Crippen molar-refractivity contribution in [3.8, 4) is 22.5 Å². The number of hydrogen-bond acceptors (Lipinski definition) is 8. The van der Waals surface area contributed by atoms with Crippen LogP contribution in [0.2, 0.25) is 0 Å². The third-order valence-corrected chi connectivity index (χ3v) is 13.3. The third-order valence-electron chi connectivity index (χ3n) is 13.3. The molecule has 4 N–H and O–H groups in total. The van der Waals surface area contributed by atoms with Crippen LogP contribution in [0.3, 0.4) is 0 Å². The maximum absolute atomic E-state index is 14.7. The Bertz CT molecular complexity index is 2490. The Kier molecular flexibility index (Phi) is 24.5. The highest BCUT2D eigenvalue weighted by Crippen LogP contribution is 2.43. The van der Waals surface area contributed by atoms with Gasteiger partial charge in [0, 0.05) is 96.8 Å². The van der Waals surface area contributed by atoms with E-state index in [2.05, 4.69) is 101 Å². The number of hydrogen-bond donors (Lipinski definition) is 4. The Labute approximate surface area is 436 Å². The molecule has 4 rings (SSSR count). The molecule has 2 aromatic carbocycles. The number of alkyl carbamates (subject to hydrolysis) is 1. The van der Waals surface area contributed by atoms with Crippen molar-refractivity contribution in [3.63, 3.8) is 0 Å². The summed E-state index contributed by atoms with van der Waals surface area (Å²) in [5, 5.41) is 13.6. The molecule has 1 aliphatic carbocycles. The summed E-state index contributed by atoms with van der Waals surface area (Å²) in [6, 6.07) is 17.0. The average molecular weight is 1010 g/mol. The second-order valence-electron chi connectivity index (χ2n) is 19.9. The number of ether oxygens (including phenoxy) is 1. The van der Waals surface area contributed by atoms with E-state index in [9.17, 15) is 24.0 Å². The smallest absolute Gasteiger partial charge is 0.408 e. The molecular weight excluding hydrogens is 919 g/mol. The van der Waals surface area contributed by atoms with Crippen molar-refractivity contribution in [2.24, 2.45) is 0 Å². The van der Waals surface area contributed by atoms with Crippen molar-refractivity contribution in [2.45, 2.75) is 164 Å². The van der Waals surface area contributed by atoms with Gasteiger partial charge in [-0.1, -0.05) is 57.6 Å². The fraction of sp³-hybridized carbons (Fsp3) is 0.559. The molecule has 0 aromatic heterocycles. The standard InChI is InChI=1S/C59H87N7O7/c1-12-64(13-2)44-32-35-47-51(40-44)72-52-41-45(65(14-3)15-4)33-36-48(52)54(47)46-34-31-43(39-49(46)57(70)66(16-5)17-6)62-56(69)50(63-58(71)73-59(9,10)11)29-26-28-37-60-53(67)30-25-23-21-19-18-20-22-24-27-38-61-55(68)42(7)8/h31-36,39-41,50H,7,12-30,37-38H2,1-6,8-11H3,(H3,60,61,63,67,68,71)/p+1. The number of carbonyl (C=O) groups is 5. The number of unbranched alkanes of at least 4 members (excludes halogenated alkanes) is 9. The highest BCUT2D eigenvalue weighted by molar-refractivity contribution is 6.10. The molecule has 14 nitrogen and oxygen atoms in total. The summed E-state index contributed by atoms with van der Waals surface area (Å²) < 4.78 is 14.6. The normalized spacial score (nSPS) is 11.8. The minimum Gasteiger partial charge on any atom is -0.456 e. The number of anilines is 2. The lowest BCUT2D eigenvalue weighted by molar-refractivity contribution is -0.121. The van der Waals surface area contributed by atoms with Crippen molar-refractivity contribution in [1.29, 1.82) is 0 Å². The number of nitrogens with zero attached hydrogens (tertiary/aromatic N) is 3. The van der Waals surface area contributed by atoms with Crippen LogP contribution in [0, 0.1) is 0 Å². The van der Waals surface area contributed by atoms with Crippen molar-refractivity contribution < 1.29 is 33.1 Å². The molecule has 1 atom stereocenters.